The van der Waals surface area contributed by atoms with Crippen molar-refractivity contribution in [1.29, 1.82) is 0 Å². The van der Waals surface area contributed by atoms with E-state index in [1.54, 1.807) is 12.4 Å². The van der Waals surface area contributed by atoms with Gasteiger partial charge in [0.05, 0.1) is 12.8 Å². The van der Waals surface area contributed by atoms with E-state index < -0.39 is 0 Å². The van der Waals surface area contributed by atoms with Crippen LogP contribution in [0.1, 0.15) is 39.2 Å². The summed E-state index contributed by atoms with van der Waals surface area (Å²) in [6.45, 7) is 11.7. The largest absolute Gasteiger partial charge is 0.492 e. The summed E-state index contributed by atoms with van der Waals surface area (Å²) in [7, 11) is 0. The van der Waals surface area contributed by atoms with Crippen molar-refractivity contribution in [3.05, 3.63) is 36.7 Å². The van der Waals surface area contributed by atoms with E-state index in [0.29, 0.717) is 6.61 Å². The summed E-state index contributed by atoms with van der Waals surface area (Å²) in [5.74, 6) is 0.873. The Balaban J connectivity index is 2.53. The van der Waals surface area contributed by atoms with Crippen LogP contribution in [0.3, 0.4) is 0 Å². The maximum absolute atomic E-state index is 5.75. The molecule has 0 spiro atoms. The van der Waals surface area contributed by atoms with Gasteiger partial charge >= 0.3 is 0 Å². The van der Waals surface area contributed by atoms with Gasteiger partial charge in [-0.1, -0.05) is 6.08 Å². The fourth-order valence-electron chi connectivity index (χ4n) is 1.45. The smallest absolute Gasteiger partial charge is 0.142 e. The molecule has 0 fully saturated rings. The first kappa shape index (κ1) is 14.7. The molecule has 0 aliphatic carbocycles. The Kier molecular flexibility index (Phi) is 5.86. The Morgan fingerprint density at radius 1 is 1.44 bits per heavy atom. The normalized spacial score (nSPS) is 11.3. The average molecular weight is 248 g/mol. The highest BCUT2D eigenvalue weighted by Crippen LogP contribution is 2.17. The molecule has 100 valence electrons. The minimum Gasteiger partial charge on any atom is -0.492 e. The number of nitrogens with zero attached hydrogens (tertiary/aromatic N) is 1. The zero-order chi connectivity index (χ0) is 13.4. The van der Waals surface area contributed by atoms with Crippen LogP contribution in [-0.4, -0.2) is 17.1 Å². The van der Waals surface area contributed by atoms with Gasteiger partial charge in [-0.15, -0.1) is 6.58 Å². The lowest BCUT2D eigenvalue weighted by Gasteiger charge is -2.21. The van der Waals surface area contributed by atoms with E-state index in [9.17, 15) is 0 Å². The number of aromatic nitrogens is 1. The van der Waals surface area contributed by atoms with Crippen LogP contribution >= 0.6 is 0 Å². The molecule has 0 aliphatic heterocycles. The molecule has 0 aliphatic rings. The number of hydrogen-bond donors (Lipinski definition) is 1. The van der Waals surface area contributed by atoms with Crippen molar-refractivity contribution >= 4 is 0 Å². The lowest BCUT2D eigenvalue weighted by molar-refractivity contribution is 0.305. The van der Waals surface area contributed by atoms with Crippen LogP contribution in [0.4, 0.5) is 0 Å². The average Bonchev–Trinajstić information content (AvgIpc) is 2.32. The molecule has 3 nitrogen and oxygen atoms in total. The maximum atomic E-state index is 5.75. The molecule has 18 heavy (non-hydrogen) atoms. The molecule has 1 aromatic heterocycles. The van der Waals surface area contributed by atoms with Crippen molar-refractivity contribution in [3.63, 3.8) is 0 Å². The topological polar surface area (TPSA) is 34.1 Å². The molecule has 0 bridgehead atoms. The Morgan fingerprint density at radius 2 is 2.22 bits per heavy atom. The van der Waals surface area contributed by atoms with E-state index in [1.807, 2.05) is 12.1 Å². The van der Waals surface area contributed by atoms with Crippen molar-refractivity contribution < 1.29 is 4.74 Å². The fourth-order valence-corrected chi connectivity index (χ4v) is 1.45. The van der Waals surface area contributed by atoms with Crippen molar-refractivity contribution in [3.8, 4) is 5.75 Å². The third-order valence-corrected chi connectivity index (χ3v) is 2.49. The highest BCUT2D eigenvalue weighted by Gasteiger charge is 2.10. The van der Waals surface area contributed by atoms with Gasteiger partial charge in [-0.05, 0) is 39.7 Å². The summed E-state index contributed by atoms with van der Waals surface area (Å²) in [6.07, 6.45) is 7.47. The van der Waals surface area contributed by atoms with Crippen LogP contribution in [0.15, 0.2) is 31.1 Å². The van der Waals surface area contributed by atoms with E-state index in [4.69, 9.17) is 4.74 Å². The third kappa shape index (κ3) is 5.82. The van der Waals surface area contributed by atoms with Crippen LogP contribution in [0, 0.1) is 0 Å². The van der Waals surface area contributed by atoms with Gasteiger partial charge in [0.1, 0.15) is 5.75 Å². The van der Waals surface area contributed by atoms with Crippen LogP contribution in [0.5, 0.6) is 5.75 Å². The fraction of sp³-hybridized carbons (Fsp3) is 0.533. The van der Waals surface area contributed by atoms with E-state index in [0.717, 1.165) is 30.7 Å². The van der Waals surface area contributed by atoms with Gasteiger partial charge < -0.3 is 10.1 Å². The Morgan fingerprint density at radius 3 is 2.89 bits per heavy atom. The Labute approximate surface area is 110 Å². The molecular formula is C15H24N2O. The number of rotatable bonds is 7. The first-order chi connectivity index (χ1) is 8.53. The number of ether oxygens (including phenoxy) is 1. The molecule has 0 unspecified atom stereocenters. The second-order valence-corrected chi connectivity index (χ2v) is 5.37. The zero-order valence-electron chi connectivity index (χ0n) is 11.7. The molecule has 1 heterocycles. The van der Waals surface area contributed by atoms with Gasteiger partial charge in [0.25, 0.3) is 0 Å². The van der Waals surface area contributed by atoms with Crippen LogP contribution < -0.4 is 10.1 Å². The molecule has 0 aromatic carbocycles. The number of pyridine rings is 1. The molecule has 0 radical (unpaired) electrons. The minimum absolute atomic E-state index is 0.101. The predicted molar refractivity (Wildman–Crippen MR) is 75.8 cm³/mol. The molecular weight excluding hydrogens is 224 g/mol. The monoisotopic (exact) mass is 248 g/mol. The summed E-state index contributed by atoms with van der Waals surface area (Å²) in [5.41, 5.74) is 1.25. The molecule has 0 saturated carbocycles. The van der Waals surface area contributed by atoms with Gasteiger partial charge in [0.15, 0.2) is 0 Å². The first-order valence-electron chi connectivity index (χ1n) is 6.44. The predicted octanol–water partition coefficient (Wildman–Crippen LogP) is 3.31. The molecule has 0 atom stereocenters. The number of nitrogens with one attached hydrogen (secondary N) is 1. The Hall–Kier alpha value is -1.35. The lowest BCUT2D eigenvalue weighted by atomic mass is 10.1. The van der Waals surface area contributed by atoms with Crippen LogP contribution in [-0.2, 0) is 6.54 Å². The van der Waals surface area contributed by atoms with E-state index in [2.05, 4.69) is 37.7 Å². The maximum Gasteiger partial charge on any atom is 0.142 e. The standard InChI is InChI=1S/C15H24N2O/c1-5-6-7-10-18-14-12-16-9-8-13(14)11-17-15(2,3)4/h5,8-9,12,17H,1,6-7,10-11H2,2-4H3. The molecule has 3 heteroatoms. The van der Waals surface area contributed by atoms with E-state index in [-0.39, 0.29) is 5.54 Å². The van der Waals surface area contributed by atoms with E-state index >= 15 is 0 Å². The van der Waals surface area contributed by atoms with Crippen molar-refractivity contribution in [2.45, 2.75) is 45.7 Å². The van der Waals surface area contributed by atoms with Crippen molar-refractivity contribution in [2.24, 2.45) is 0 Å². The summed E-state index contributed by atoms with van der Waals surface area (Å²) in [6, 6.07) is 2.00. The van der Waals surface area contributed by atoms with Crippen LogP contribution in [0.25, 0.3) is 0 Å². The second kappa shape index (κ2) is 7.17. The molecule has 1 rings (SSSR count). The minimum atomic E-state index is 0.101. The van der Waals surface area contributed by atoms with E-state index in [1.165, 1.54) is 0 Å². The summed E-state index contributed by atoms with van der Waals surface area (Å²) >= 11 is 0. The molecule has 0 amide bonds. The van der Waals surface area contributed by atoms with Crippen LogP contribution in [0.2, 0.25) is 0 Å². The third-order valence-electron chi connectivity index (χ3n) is 2.49. The van der Waals surface area contributed by atoms with Gasteiger partial charge in [0.2, 0.25) is 0 Å². The van der Waals surface area contributed by atoms with Crippen molar-refractivity contribution in [2.75, 3.05) is 6.61 Å². The molecule has 1 aromatic rings. The number of hydrogen-bond acceptors (Lipinski definition) is 3. The SMILES string of the molecule is C=CCCCOc1cnccc1CNC(C)(C)C. The Bertz CT molecular complexity index is 369. The lowest BCUT2D eigenvalue weighted by Crippen LogP contribution is -2.35. The first-order valence-corrected chi connectivity index (χ1v) is 6.44. The van der Waals surface area contributed by atoms with Gasteiger partial charge in [-0.25, -0.2) is 0 Å². The molecule has 1 N–H and O–H groups in total. The zero-order valence-corrected chi connectivity index (χ0v) is 11.7. The summed E-state index contributed by atoms with van der Waals surface area (Å²) < 4.78 is 5.75. The number of allylic oxidation sites excluding steroid dienone is 1. The van der Waals surface area contributed by atoms with Gasteiger partial charge in [0, 0.05) is 23.8 Å². The van der Waals surface area contributed by atoms with Gasteiger partial charge in [-0.3, -0.25) is 4.98 Å². The number of unbranched alkanes of at least 4 members (excludes halogenated alkanes) is 1. The second-order valence-electron chi connectivity index (χ2n) is 5.37. The highest BCUT2D eigenvalue weighted by atomic mass is 16.5. The summed E-state index contributed by atoms with van der Waals surface area (Å²) in [5, 5.41) is 3.46. The molecule has 0 saturated heterocycles. The summed E-state index contributed by atoms with van der Waals surface area (Å²) in [4.78, 5) is 4.12. The van der Waals surface area contributed by atoms with Crippen molar-refractivity contribution in [1.82, 2.24) is 10.3 Å². The quantitative estimate of drug-likeness (QED) is 0.594. The van der Waals surface area contributed by atoms with Gasteiger partial charge in [-0.2, -0.15) is 0 Å². The highest BCUT2D eigenvalue weighted by molar-refractivity contribution is 5.29.